The van der Waals surface area contributed by atoms with E-state index in [0.29, 0.717) is 6.42 Å². The van der Waals surface area contributed by atoms with Gasteiger partial charge in [0.05, 0.1) is 6.04 Å². The number of ketones is 1. The number of carbonyl (C=O) groups excluding carboxylic acids is 1. The van der Waals surface area contributed by atoms with E-state index in [4.69, 9.17) is 16.7 Å². The lowest BCUT2D eigenvalue weighted by Gasteiger charge is -2.27. The number of benzene rings is 1. The highest BCUT2D eigenvalue weighted by Crippen LogP contribution is 2.22. The Morgan fingerprint density at radius 2 is 1.75 bits per heavy atom. The van der Waals surface area contributed by atoms with Gasteiger partial charge >= 0.3 is 0 Å². The number of aliphatic hydroxyl groups is 1. The van der Waals surface area contributed by atoms with Crippen LogP contribution in [-0.4, -0.2) is 26.7 Å². The van der Waals surface area contributed by atoms with Crippen molar-refractivity contribution < 1.29 is 9.90 Å². The molecular formula is C14H22ClNO2S2. The fraction of sp³-hybridized carbons (Fsp3) is 0.500. The molecule has 114 valence electrons. The van der Waals surface area contributed by atoms with Gasteiger partial charge in [-0.3, -0.25) is 4.79 Å². The predicted octanol–water partition coefficient (Wildman–Crippen LogP) is 3.83. The van der Waals surface area contributed by atoms with E-state index in [2.05, 4.69) is 25.6 Å². The summed E-state index contributed by atoms with van der Waals surface area (Å²) in [6.45, 7) is 4.00. The molecule has 20 heavy (non-hydrogen) atoms. The van der Waals surface area contributed by atoms with E-state index in [1.165, 1.54) is 3.71 Å². The number of aliphatic hydroxyl groups excluding tert-OH is 1. The Labute approximate surface area is 137 Å². The van der Waals surface area contributed by atoms with Crippen LogP contribution in [0.15, 0.2) is 30.3 Å². The quantitative estimate of drug-likeness (QED) is 0.683. The first-order chi connectivity index (χ1) is 9.52. The molecule has 0 spiro atoms. The van der Waals surface area contributed by atoms with Crippen LogP contribution in [0.4, 0.5) is 0 Å². The van der Waals surface area contributed by atoms with Crippen molar-refractivity contribution in [1.82, 2.24) is 3.71 Å². The smallest absolute Gasteiger partial charge is 0.180 e. The summed E-state index contributed by atoms with van der Waals surface area (Å²) in [7, 11) is 0. The SMILES string of the molecule is CC.Clc1ccccc1.O=C1C(O)CCCC1N(S)S. The standard InChI is InChI=1S/C6H5Cl.C6H11NO2S2.C2H6/c7-6-4-2-1-3-5-6;8-5-3-1-2-4(6(5)9)7(10)11;1-2/h1-5H;4-5,8,10-11H,1-3H2;1-2H3. The van der Waals surface area contributed by atoms with Gasteiger partial charge in [0.2, 0.25) is 0 Å². The van der Waals surface area contributed by atoms with Gasteiger partial charge < -0.3 is 5.11 Å². The molecule has 2 atom stereocenters. The Balaban J connectivity index is 0.000000345. The van der Waals surface area contributed by atoms with E-state index in [1.54, 1.807) is 0 Å². The number of hydrogen-bond acceptors (Lipinski definition) is 5. The van der Waals surface area contributed by atoms with Crippen LogP contribution in [0.1, 0.15) is 33.1 Å². The summed E-state index contributed by atoms with van der Waals surface area (Å²) in [4.78, 5) is 11.2. The van der Waals surface area contributed by atoms with Gasteiger partial charge in [0.1, 0.15) is 6.10 Å². The van der Waals surface area contributed by atoms with Gasteiger partial charge in [0, 0.05) is 5.02 Å². The van der Waals surface area contributed by atoms with Gasteiger partial charge in [-0.05, 0) is 31.4 Å². The first kappa shape index (κ1) is 19.8. The highest BCUT2D eigenvalue weighted by atomic mass is 35.5. The van der Waals surface area contributed by atoms with Crippen LogP contribution in [0.5, 0.6) is 0 Å². The molecule has 1 fully saturated rings. The summed E-state index contributed by atoms with van der Waals surface area (Å²) < 4.78 is 1.27. The summed E-state index contributed by atoms with van der Waals surface area (Å²) >= 11 is 13.4. The van der Waals surface area contributed by atoms with Gasteiger partial charge in [0.15, 0.2) is 5.78 Å². The molecule has 1 aliphatic rings. The van der Waals surface area contributed by atoms with Crippen molar-refractivity contribution in [3.05, 3.63) is 35.4 Å². The van der Waals surface area contributed by atoms with Crippen molar-refractivity contribution in [1.29, 1.82) is 0 Å². The first-order valence-electron chi connectivity index (χ1n) is 6.61. The lowest BCUT2D eigenvalue weighted by Crippen LogP contribution is -2.41. The summed E-state index contributed by atoms with van der Waals surface area (Å²) in [5.74, 6) is -0.166. The Morgan fingerprint density at radius 3 is 2.10 bits per heavy atom. The number of thiol groups is 2. The number of carbonyl (C=O) groups is 1. The number of rotatable bonds is 1. The number of nitrogens with zero attached hydrogens (tertiary/aromatic N) is 1. The van der Waals surface area contributed by atoms with Crippen LogP contribution in [0, 0.1) is 0 Å². The van der Waals surface area contributed by atoms with Crippen LogP contribution < -0.4 is 0 Å². The Bertz CT molecular complexity index is 377. The Morgan fingerprint density at radius 1 is 1.20 bits per heavy atom. The summed E-state index contributed by atoms with van der Waals surface area (Å²) in [5, 5.41) is 9.95. The van der Waals surface area contributed by atoms with Crippen LogP contribution >= 0.6 is 37.2 Å². The Hall–Kier alpha value is -0.200. The van der Waals surface area contributed by atoms with Gasteiger partial charge in [-0.2, -0.15) is 3.71 Å². The second kappa shape index (κ2) is 11.5. The second-order valence-corrected chi connectivity index (χ2v) is 5.59. The molecule has 1 aromatic rings. The van der Waals surface area contributed by atoms with E-state index in [0.717, 1.165) is 17.9 Å². The van der Waals surface area contributed by atoms with Crippen LogP contribution in [-0.2, 0) is 4.79 Å². The van der Waals surface area contributed by atoms with Crippen LogP contribution in [0.2, 0.25) is 5.02 Å². The van der Waals surface area contributed by atoms with Gasteiger partial charge in [-0.15, -0.1) is 0 Å². The molecule has 0 saturated heterocycles. The van der Waals surface area contributed by atoms with Crippen molar-refractivity contribution >= 4 is 43.0 Å². The van der Waals surface area contributed by atoms with E-state index in [-0.39, 0.29) is 11.8 Å². The molecule has 0 aliphatic heterocycles. The first-order valence-corrected chi connectivity index (χ1v) is 7.79. The Kier molecular flexibility index (Phi) is 11.3. The molecule has 1 N–H and O–H groups in total. The van der Waals surface area contributed by atoms with Gasteiger partial charge in [-0.1, -0.05) is 69.3 Å². The fourth-order valence-electron chi connectivity index (χ4n) is 1.66. The fourth-order valence-corrected chi connectivity index (χ4v) is 2.26. The monoisotopic (exact) mass is 335 g/mol. The minimum Gasteiger partial charge on any atom is -0.385 e. The summed E-state index contributed by atoms with van der Waals surface area (Å²) in [6, 6.07) is 9.12. The minimum atomic E-state index is -0.810. The molecule has 0 radical (unpaired) electrons. The summed E-state index contributed by atoms with van der Waals surface area (Å²) in [6.07, 6.45) is 1.36. The minimum absolute atomic E-state index is 0.166. The van der Waals surface area contributed by atoms with Gasteiger partial charge in [-0.25, -0.2) is 0 Å². The summed E-state index contributed by atoms with van der Waals surface area (Å²) in [5.41, 5.74) is 0. The molecular weight excluding hydrogens is 314 g/mol. The van der Waals surface area contributed by atoms with Crippen molar-refractivity contribution in [3.63, 3.8) is 0 Å². The van der Waals surface area contributed by atoms with E-state index in [9.17, 15) is 4.79 Å². The zero-order valence-electron chi connectivity index (χ0n) is 11.7. The van der Waals surface area contributed by atoms with E-state index < -0.39 is 6.10 Å². The number of Topliss-reactive ketones (excluding diaryl/α,β-unsaturated/α-hetero) is 1. The predicted molar refractivity (Wildman–Crippen MR) is 91.3 cm³/mol. The molecule has 3 nitrogen and oxygen atoms in total. The molecule has 0 heterocycles. The molecule has 1 saturated carbocycles. The van der Waals surface area contributed by atoms with E-state index in [1.807, 2.05) is 44.2 Å². The van der Waals surface area contributed by atoms with Crippen molar-refractivity contribution in [2.24, 2.45) is 0 Å². The maximum absolute atomic E-state index is 11.2. The van der Waals surface area contributed by atoms with Gasteiger partial charge in [0.25, 0.3) is 0 Å². The van der Waals surface area contributed by atoms with Crippen LogP contribution in [0.25, 0.3) is 0 Å². The average molecular weight is 336 g/mol. The van der Waals surface area contributed by atoms with E-state index >= 15 is 0 Å². The van der Waals surface area contributed by atoms with Crippen molar-refractivity contribution in [3.8, 4) is 0 Å². The lowest BCUT2D eigenvalue weighted by molar-refractivity contribution is -0.132. The molecule has 0 amide bonds. The molecule has 2 unspecified atom stereocenters. The molecule has 1 aliphatic carbocycles. The van der Waals surface area contributed by atoms with Crippen LogP contribution in [0.3, 0.4) is 0 Å². The molecule has 1 aromatic carbocycles. The average Bonchev–Trinajstić information content (AvgIpc) is 2.45. The lowest BCUT2D eigenvalue weighted by atomic mass is 9.92. The third-order valence-electron chi connectivity index (χ3n) is 2.62. The maximum atomic E-state index is 11.2. The van der Waals surface area contributed by atoms with Crippen molar-refractivity contribution in [2.45, 2.75) is 45.3 Å². The third-order valence-corrected chi connectivity index (χ3v) is 3.43. The third kappa shape index (κ3) is 7.55. The topological polar surface area (TPSA) is 40.5 Å². The zero-order chi connectivity index (χ0) is 15.5. The largest absolute Gasteiger partial charge is 0.385 e. The molecule has 0 bridgehead atoms. The number of hydrogen-bond donors (Lipinski definition) is 3. The maximum Gasteiger partial charge on any atom is 0.180 e. The molecule has 0 aromatic heterocycles. The molecule has 2 rings (SSSR count). The highest BCUT2D eigenvalue weighted by Gasteiger charge is 2.31. The highest BCUT2D eigenvalue weighted by molar-refractivity contribution is 7.93. The molecule has 6 heteroatoms. The second-order valence-electron chi connectivity index (χ2n) is 3.98. The normalized spacial score (nSPS) is 21.4. The zero-order valence-corrected chi connectivity index (χ0v) is 14.3. The number of halogens is 1. The van der Waals surface area contributed by atoms with Crippen molar-refractivity contribution in [2.75, 3.05) is 0 Å².